The standard InChI is InChI=1S/C25H23ClN2O5/c1-15-3-12-20-21(13-15)25(32)28(24(20)31)27(23(30)17-4-8-18(26)9-5-17)14-22(29)16-6-10-19(33-2)11-7-16/h3-11,20-21H,12-14H2,1-2H3/t20-,21-/m0/s1. The quantitative estimate of drug-likeness (QED) is 0.366. The van der Waals surface area contributed by atoms with Crippen LogP contribution in [0.15, 0.2) is 60.2 Å². The molecule has 8 heteroatoms. The van der Waals surface area contributed by atoms with Crippen LogP contribution in [0.5, 0.6) is 5.75 Å². The molecule has 0 N–H and O–H groups in total. The van der Waals surface area contributed by atoms with E-state index in [2.05, 4.69) is 0 Å². The molecule has 170 valence electrons. The number of carbonyl (C=O) groups is 4. The first kappa shape index (κ1) is 22.7. The molecule has 1 fully saturated rings. The number of ether oxygens (including phenoxy) is 1. The maximum absolute atomic E-state index is 13.4. The van der Waals surface area contributed by atoms with Crippen molar-refractivity contribution in [1.82, 2.24) is 10.0 Å². The summed E-state index contributed by atoms with van der Waals surface area (Å²) in [4.78, 5) is 53.0. The third-order valence-corrected chi connectivity index (χ3v) is 6.32. The van der Waals surface area contributed by atoms with Gasteiger partial charge >= 0.3 is 0 Å². The summed E-state index contributed by atoms with van der Waals surface area (Å²) in [6.45, 7) is 1.46. The van der Waals surface area contributed by atoms with E-state index in [0.29, 0.717) is 29.2 Å². The molecular formula is C25H23ClN2O5. The summed E-state index contributed by atoms with van der Waals surface area (Å²) in [5.41, 5.74) is 1.58. The number of methoxy groups -OCH3 is 1. The molecule has 2 atom stereocenters. The molecule has 0 unspecified atom stereocenters. The zero-order valence-electron chi connectivity index (χ0n) is 18.3. The molecule has 33 heavy (non-hydrogen) atoms. The number of amides is 3. The van der Waals surface area contributed by atoms with Gasteiger partial charge in [0.25, 0.3) is 17.7 Å². The van der Waals surface area contributed by atoms with E-state index in [4.69, 9.17) is 16.3 Å². The summed E-state index contributed by atoms with van der Waals surface area (Å²) in [6, 6.07) is 12.5. The van der Waals surface area contributed by atoms with Crippen molar-refractivity contribution >= 4 is 35.1 Å². The Morgan fingerprint density at radius 1 is 1.00 bits per heavy atom. The molecule has 1 saturated heterocycles. The number of imide groups is 1. The van der Waals surface area contributed by atoms with Gasteiger partial charge in [-0.05, 0) is 68.3 Å². The lowest BCUT2D eigenvalue weighted by atomic mass is 9.82. The smallest absolute Gasteiger partial charge is 0.273 e. The number of nitrogens with zero attached hydrogens (tertiary/aromatic N) is 2. The maximum atomic E-state index is 13.4. The number of hydrogen-bond donors (Lipinski definition) is 0. The van der Waals surface area contributed by atoms with Gasteiger partial charge in [0.15, 0.2) is 5.78 Å². The molecule has 1 aliphatic carbocycles. The molecule has 2 aromatic rings. The molecule has 7 nitrogen and oxygen atoms in total. The number of rotatable bonds is 6. The monoisotopic (exact) mass is 466 g/mol. The summed E-state index contributed by atoms with van der Waals surface area (Å²) in [5.74, 6) is -2.43. The third-order valence-electron chi connectivity index (χ3n) is 6.07. The van der Waals surface area contributed by atoms with Crippen molar-refractivity contribution in [3.05, 3.63) is 76.3 Å². The van der Waals surface area contributed by atoms with Crippen LogP contribution in [0.1, 0.15) is 40.5 Å². The summed E-state index contributed by atoms with van der Waals surface area (Å²) in [6.07, 6.45) is 2.85. The number of fused-ring (bicyclic) bond motifs is 1. The van der Waals surface area contributed by atoms with Gasteiger partial charge in [0.1, 0.15) is 12.3 Å². The Labute approximate surface area is 196 Å². The van der Waals surface area contributed by atoms with Crippen LogP contribution in [0.2, 0.25) is 5.02 Å². The van der Waals surface area contributed by atoms with Crippen LogP contribution < -0.4 is 4.74 Å². The zero-order chi connectivity index (χ0) is 23.7. The predicted molar refractivity (Wildman–Crippen MR) is 122 cm³/mol. The van der Waals surface area contributed by atoms with Crippen molar-refractivity contribution in [1.29, 1.82) is 0 Å². The summed E-state index contributed by atoms with van der Waals surface area (Å²) in [5, 5.41) is 2.28. The molecule has 0 aromatic heterocycles. The van der Waals surface area contributed by atoms with Crippen molar-refractivity contribution in [2.75, 3.05) is 13.7 Å². The molecule has 1 heterocycles. The second kappa shape index (κ2) is 9.19. The average Bonchev–Trinajstić information content (AvgIpc) is 3.06. The third kappa shape index (κ3) is 4.41. The highest BCUT2D eigenvalue weighted by atomic mass is 35.5. The first-order valence-corrected chi connectivity index (χ1v) is 11.0. The van der Waals surface area contributed by atoms with Gasteiger partial charge in [0.2, 0.25) is 0 Å². The van der Waals surface area contributed by atoms with Crippen LogP contribution in [0.3, 0.4) is 0 Å². The fraction of sp³-hybridized carbons (Fsp3) is 0.280. The Balaban J connectivity index is 1.67. The Bertz CT molecular complexity index is 1140. The number of hydrogen-bond acceptors (Lipinski definition) is 5. The summed E-state index contributed by atoms with van der Waals surface area (Å²) < 4.78 is 5.12. The number of ketones is 1. The fourth-order valence-electron chi connectivity index (χ4n) is 4.24. The molecule has 3 amide bonds. The van der Waals surface area contributed by atoms with Crippen molar-refractivity contribution in [2.24, 2.45) is 11.8 Å². The van der Waals surface area contributed by atoms with Gasteiger partial charge in [0.05, 0.1) is 18.9 Å². The fourth-order valence-corrected chi connectivity index (χ4v) is 4.36. The molecule has 2 aromatic carbocycles. The molecular weight excluding hydrogens is 444 g/mol. The van der Waals surface area contributed by atoms with E-state index in [-0.39, 0.29) is 5.56 Å². The summed E-state index contributed by atoms with van der Waals surface area (Å²) >= 11 is 5.94. The highest BCUT2D eigenvalue weighted by molar-refractivity contribution is 6.30. The number of hydrazine groups is 1. The van der Waals surface area contributed by atoms with Gasteiger partial charge in [-0.1, -0.05) is 23.3 Å². The maximum Gasteiger partial charge on any atom is 0.273 e. The van der Waals surface area contributed by atoms with Crippen LogP contribution in [-0.2, 0) is 9.59 Å². The number of allylic oxidation sites excluding steroid dienone is 2. The van der Waals surface area contributed by atoms with E-state index in [9.17, 15) is 19.2 Å². The Hall–Kier alpha value is -3.45. The van der Waals surface area contributed by atoms with E-state index in [1.807, 2.05) is 13.0 Å². The van der Waals surface area contributed by atoms with E-state index >= 15 is 0 Å². The normalized spacial score (nSPS) is 19.7. The highest BCUT2D eigenvalue weighted by Gasteiger charge is 2.51. The van der Waals surface area contributed by atoms with Gasteiger partial charge in [-0.25, -0.2) is 5.01 Å². The first-order valence-electron chi connectivity index (χ1n) is 10.6. The Kier molecular flexibility index (Phi) is 6.33. The van der Waals surface area contributed by atoms with Crippen LogP contribution in [0.25, 0.3) is 0 Å². The summed E-state index contributed by atoms with van der Waals surface area (Å²) in [7, 11) is 1.52. The minimum absolute atomic E-state index is 0.215. The largest absolute Gasteiger partial charge is 0.497 e. The molecule has 0 saturated carbocycles. The van der Waals surface area contributed by atoms with Crippen molar-refractivity contribution < 1.29 is 23.9 Å². The number of Topliss-reactive ketones (excluding diaryl/α,β-unsaturated/α-hetero) is 1. The minimum atomic E-state index is -0.626. The van der Waals surface area contributed by atoms with Crippen LogP contribution in [0.4, 0.5) is 0 Å². The predicted octanol–water partition coefficient (Wildman–Crippen LogP) is 3.93. The second-order valence-electron chi connectivity index (χ2n) is 8.21. The zero-order valence-corrected chi connectivity index (χ0v) is 19.0. The molecule has 1 aliphatic heterocycles. The molecule has 0 bridgehead atoms. The van der Waals surface area contributed by atoms with E-state index < -0.39 is 41.9 Å². The van der Waals surface area contributed by atoms with Gasteiger partial charge in [-0.15, -0.1) is 0 Å². The van der Waals surface area contributed by atoms with Gasteiger partial charge in [-0.3, -0.25) is 19.2 Å². The molecule has 4 rings (SSSR count). The lowest BCUT2D eigenvalue weighted by molar-refractivity contribution is -0.154. The lowest BCUT2D eigenvalue weighted by Gasteiger charge is -2.30. The first-order chi connectivity index (χ1) is 15.8. The van der Waals surface area contributed by atoms with E-state index in [1.54, 1.807) is 36.4 Å². The van der Waals surface area contributed by atoms with E-state index in [1.165, 1.54) is 19.2 Å². The average molecular weight is 467 g/mol. The Morgan fingerprint density at radius 3 is 2.24 bits per heavy atom. The molecule has 2 aliphatic rings. The van der Waals surface area contributed by atoms with Gasteiger partial charge < -0.3 is 4.74 Å². The Morgan fingerprint density at radius 2 is 1.61 bits per heavy atom. The number of carbonyl (C=O) groups excluding carboxylic acids is 4. The SMILES string of the molecule is COc1ccc(C(=O)CN(C(=O)c2ccc(Cl)cc2)N2C(=O)[C@H]3CC=C(C)C[C@@H]3C2=O)cc1. The highest BCUT2D eigenvalue weighted by Crippen LogP contribution is 2.38. The van der Waals surface area contributed by atoms with Crippen LogP contribution in [0, 0.1) is 11.8 Å². The lowest BCUT2D eigenvalue weighted by Crippen LogP contribution is -2.52. The molecule has 0 radical (unpaired) electrons. The van der Waals surface area contributed by atoms with Crippen LogP contribution >= 0.6 is 11.6 Å². The van der Waals surface area contributed by atoms with Gasteiger partial charge in [-0.2, -0.15) is 5.01 Å². The molecule has 0 spiro atoms. The van der Waals surface area contributed by atoms with E-state index in [0.717, 1.165) is 15.6 Å². The topological polar surface area (TPSA) is 84.0 Å². The second-order valence-corrected chi connectivity index (χ2v) is 8.65. The minimum Gasteiger partial charge on any atom is -0.497 e. The van der Waals surface area contributed by atoms with Crippen molar-refractivity contribution in [3.63, 3.8) is 0 Å². The van der Waals surface area contributed by atoms with Gasteiger partial charge in [0, 0.05) is 16.1 Å². The van der Waals surface area contributed by atoms with Crippen molar-refractivity contribution in [3.8, 4) is 5.75 Å². The number of halogens is 1. The van der Waals surface area contributed by atoms with Crippen molar-refractivity contribution in [2.45, 2.75) is 19.8 Å². The number of benzene rings is 2. The van der Waals surface area contributed by atoms with Crippen LogP contribution in [-0.4, -0.2) is 47.2 Å².